The maximum absolute atomic E-state index is 11.3. The van der Waals surface area contributed by atoms with Crippen LogP contribution in [0.2, 0.25) is 5.15 Å². The van der Waals surface area contributed by atoms with E-state index in [0.29, 0.717) is 34.2 Å². The molecule has 0 aliphatic heterocycles. The summed E-state index contributed by atoms with van der Waals surface area (Å²) in [6.07, 6.45) is 1.74. The maximum atomic E-state index is 11.3. The number of rotatable bonds is 8. The van der Waals surface area contributed by atoms with E-state index in [1.807, 2.05) is 41.8 Å². The zero-order chi connectivity index (χ0) is 21.1. The van der Waals surface area contributed by atoms with Gasteiger partial charge in [0.05, 0.1) is 17.6 Å². The van der Waals surface area contributed by atoms with Crippen LogP contribution in [0, 0.1) is 6.92 Å². The van der Waals surface area contributed by atoms with Crippen LogP contribution in [0.15, 0.2) is 58.3 Å². The second-order valence-corrected chi connectivity index (χ2v) is 7.84. The smallest absolute Gasteiger partial charge is 0.219 e. The number of halogens is 1. The van der Waals surface area contributed by atoms with Gasteiger partial charge in [0.1, 0.15) is 5.15 Å². The van der Waals surface area contributed by atoms with Crippen molar-refractivity contribution in [3.8, 4) is 17.3 Å². The van der Waals surface area contributed by atoms with Crippen molar-refractivity contribution in [2.45, 2.75) is 30.8 Å². The molecule has 2 N–H and O–H groups in total. The number of aromatic nitrogens is 5. The van der Waals surface area contributed by atoms with E-state index in [4.69, 9.17) is 21.8 Å². The van der Waals surface area contributed by atoms with Gasteiger partial charge < -0.3 is 10.2 Å². The molecule has 0 spiro atoms. The first kappa shape index (κ1) is 20.2. The lowest BCUT2D eigenvalue weighted by Crippen LogP contribution is -2.15. The third-order valence-electron chi connectivity index (χ3n) is 4.51. The topological polar surface area (TPSA) is 105 Å². The molecule has 154 valence electrons. The Bertz CT molecular complexity index is 1150. The van der Waals surface area contributed by atoms with E-state index in [0.717, 1.165) is 16.9 Å². The molecule has 1 aromatic carbocycles. The van der Waals surface area contributed by atoms with Gasteiger partial charge >= 0.3 is 0 Å². The molecule has 0 atom stereocenters. The number of nitrogens with two attached hydrogens (primary N) is 1. The van der Waals surface area contributed by atoms with Crippen LogP contribution in [-0.4, -0.2) is 30.5 Å². The third kappa shape index (κ3) is 4.12. The first-order chi connectivity index (χ1) is 14.5. The summed E-state index contributed by atoms with van der Waals surface area (Å²) in [5.74, 6) is 1.27. The Balaban J connectivity index is 1.60. The third-order valence-corrected chi connectivity index (χ3v) is 5.89. The lowest BCUT2D eigenvalue weighted by molar-refractivity contribution is -0.118. The van der Waals surface area contributed by atoms with Crippen LogP contribution < -0.4 is 5.73 Å². The summed E-state index contributed by atoms with van der Waals surface area (Å²) < 4.78 is 9.00. The Kier molecular flexibility index (Phi) is 5.91. The number of thioether (sulfide) groups is 1. The summed E-state index contributed by atoms with van der Waals surface area (Å²) in [7, 11) is 0. The van der Waals surface area contributed by atoms with E-state index in [1.54, 1.807) is 23.1 Å². The van der Waals surface area contributed by atoms with Crippen molar-refractivity contribution >= 4 is 29.3 Å². The van der Waals surface area contributed by atoms with E-state index in [-0.39, 0.29) is 6.42 Å². The predicted octanol–water partition coefficient (Wildman–Crippen LogP) is 3.85. The molecule has 0 unspecified atom stereocenters. The fourth-order valence-electron chi connectivity index (χ4n) is 2.98. The van der Waals surface area contributed by atoms with Gasteiger partial charge in [-0.15, -0.1) is 10.2 Å². The van der Waals surface area contributed by atoms with E-state index in [9.17, 15) is 4.79 Å². The molecule has 4 rings (SSSR count). The number of carbonyl (C=O) groups excluding carboxylic acids is 1. The van der Waals surface area contributed by atoms with Crippen molar-refractivity contribution < 1.29 is 9.21 Å². The molecular weight excluding hydrogens is 424 g/mol. The molecule has 30 heavy (non-hydrogen) atoms. The van der Waals surface area contributed by atoms with Gasteiger partial charge in [0, 0.05) is 24.3 Å². The minimum absolute atomic E-state index is 0.172. The summed E-state index contributed by atoms with van der Waals surface area (Å²) in [6, 6.07) is 13.3. The van der Waals surface area contributed by atoms with E-state index >= 15 is 0 Å². The lowest BCUT2D eigenvalue weighted by atomic mass is 10.3. The maximum Gasteiger partial charge on any atom is 0.219 e. The number of carbonyl (C=O) groups is 1. The number of hydrogen-bond donors (Lipinski definition) is 1. The van der Waals surface area contributed by atoms with Gasteiger partial charge in [-0.3, -0.25) is 9.36 Å². The molecule has 1 amide bonds. The molecule has 3 heterocycles. The number of amides is 1. The highest BCUT2D eigenvalue weighted by molar-refractivity contribution is 7.98. The normalized spacial score (nSPS) is 11.1. The van der Waals surface area contributed by atoms with Crippen LogP contribution in [-0.2, 0) is 17.1 Å². The molecule has 0 radical (unpaired) electrons. The first-order valence-corrected chi connectivity index (χ1v) is 10.6. The van der Waals surface area contributed by atoms with Gasteiger partial charge in [0.15, 0.2) is 16.7 Å². The van der Waals surface area contributed by atoms with Crippen LogP contribution in [0.1, 0.15) is 17.7 Å². The Morgan fingerprint density at radius 3 is 2.70 bits per heavy atom. The highest BCUT2D eigenvalue weighted by Gasteiger charge is 2.20. The lowest BCUT2D eigenvalue weighted by Gasteiger charge is -2.08. The molecule has 4 aromatic rings. The summed E-state index contributed by atoms with van der Waals surface area (Å²) in [5, 5.41) is 14.3. The standard InChI is InChI=1S/C20H19ClN6O2S/c1-13-15(18(21)27(25-13)14-6-3-2-4-7-14)12-30-20-24-23-19(16-8-5-11-29-16)26(20)10-9-17(22)28/h2-8,11H,9-10,12H2,1H3,(H2,22,28). The zero-order valence-electron chi connectivity index (χ0n) is 16.2. The Hall–Kier alpha value is -3.04. The number of para-hydroxylation sites is 1. The molecule has 10 heteroatoms. The van der Waals surface area contributed by atoms with E-state index < -0.39 is 5.91 Å². The Labute approximate surface area is 182 Å². The fraction of sp³-hybridized carbons (Fsp3) is 0.200. The van der Waals surface area contributed by atoms with Gasteiger partial charge in [-0.05, 0) is 31.2 Å². The number of furan rings is 1. The minimum Gasteiger partial charge on any atom is -0.461 e. The largest absolute Gasteiger partial charge is 0.461 e. The molecule has 0 aliphatic carbocycles. The second kappa shape index (κ2) is 8.76. The molecule has 0 bridgehead atoms. The van der Waals surface area contributed by atoms with E-state index in [2.05, 4.69) is 15.3 Å². The van der Waals surface area contributed by atoms with Crippen molar-refractivity contribution in [1.82, 2.24) is 24.5 Å². The molecule has 0 fully saturated rings. The van der Waals surface area contributed by atoms with Crippen LogP contribution >= 0.6 is 23.4 Å². The van der Waals surface area contributed by atoms with Crippen molar-refractivity contribution in [1.29, 1.82) is 0 Å². The quantitative estimate of drug-likeness (QED) is 0.415. The predicted molar refractivity (Wildman–Crippen MR) is 114 cm³/mol. The average molecular weight is 443 g/mol. The first-order valence-electron chi connectivity index (χ1n) is 9.22. The van der Waals surface area contributed by atoms with Crippen LogP contribution in [0.25, 0.3) is 17.3 Å². The van der Waals surface area contributed by atoms with E-state index in [1.165, 1.54) is 11.8 Å². The summed E-state index contributed by atoms with van der Waals surface area (Å²) in [5.41, 5.74) is 7.98. The van der Waals surface area contributed by atoms with Crippen molar-refractivity contribution in [2.75, 3.05) is 0 Å². The van der Waals surface area contributed by atoms with Crippen LogP contribution in [0.5, 0.6) is 0 Å². The van der Waals surface area contributed by atoms with Crippen molar-refractivity contribution in [2.24, 2.45) is 5.73 Å². The van der Waals surface area contributed by atoms with Crippen molar-refractivity contribution in [3.63, 3.8) is 0 Å². The Morgan fingerprint density at radius 2 is 2.00 bits per heavy atom. The second-order valence-electron chi connectivity index (χ2n) is 6.54. The molecular formula is C20H19ClN6O2S. The summed E-state index contributed by atoms with van der Waals surface area (Å²) >= 11 is 8.09. The number of benzene rings is 1. The molecule has 0 saturated heterocycles. The molecule has 8 nitrogen and oxygen atoms in total. The van der Waals surface area contributed by atoms with Gasteiger partial charge in [0.2, 0.25) is 5.91 Å². The van der Waals surface area contributed by atoms with Crippen LogP contribution in [0.4, 0.5) is 0 Å². The van der Waals surface area contributed by atoms with Crippen LogP contribution in [0.3, 0.4) is 0 Å². The minimum atomic E-state index is -0.395. The van der Waals surface area contributed by atoms with Crippen molar-refractivity contribution in [3.05, 3.63) is 65.1 Å². The number of hydrogen-bond acceptors (Lipinski definition) is 6. The monoisotopic (exact) mass is 442 g/mol. The summed E-state index contributed by atoms with van der Waals surface area (Å²) in [6.45, 7) is 2.28. The highest BCUT2D eigenvalue weighted by atomic mass is 35.5. The summed E-state index contributed by atoms with van der Waals surface area (Å²) in [4.78, 5) is 11.3. The molecule has 3 aromatic heterocycles. The van der Waals surface area contributed by atoms with Gasteiger partial charge in [-0.2, -0.15) is 5.10 Å². The number of primary amides is 1. The zero-order valence-corrected chi connectivity index (χ0v) is 17.7. The highest BCUT2D eigenvalue weighted by Crippen LogP contribution is 2.31. The van der Waals surface area contributed by atoms with Gasteiger partial charge in [-0.25, -0.2) is 4.68 Å². The van der Waals surface area contributed by atoms with Gasteiger partial charge in [-0.1, -0.05) is 41.6 Å². The SMILES string of the molecule is Cc1nn(-c2ccccc2)c(Cl)c1CSc1nnc(-c2ccco2)n1CCC(N)=O. The van der Waals surface area contributed by atoms with Gasteiger partial charge in [0.25, 0.3) is 0 Å². The molecule has 0 aliphatic rings. The molecule has 0 saturated carbocycles. The fourth-order valence-corrected chi connectivity index (χ4v) is 4.45. The number of aryl methyl sites for hydroxylation is 1. The average Bonchev–Trinajstić information content (AvgIpc) is 3.45. The number of nitrogens with zero attached hydrogens (tertiary/aromatic N) is 5. The Morgan fingerprint density at radius 1 is 1.20 bits per heavy atom.